The molecule has 2 N–H and O–H groups in total. The van der Waals surface area contributed by atoms with Crippen LogP contribution in [0.4, 0.5) is 0 Å². The van der Waals surface area contributed by atoms with Crippen LogP contribution in [-0.2, 0) is 11.2 Å². The van der Waals surface area contributed by atoms with Gasteiger partial charge in [0.25, 0.3) is 0 Å². The molecule has 1 aliphatic carbocycles. The molecule has 1 aliphatic rings. The van der Waals surface area contributed by atoms with Gasteiger partial charge < -0.3 is 24.6 Å². The number of amides is 1. The first-order valence-corrected chi connectivity index (χ1v) is 8.44. The lowest BCUT2D eigenvalue weighted by Gasteiger charge is -2.18. The van der Waals surface area contributed by atoms with Crippen LogP contribution < -0.4 is 25.0 Å². The van der Waals surface area contributed by atoms with Gasteiger partial charge in [-0.05, 0) is 47.7 Å². The monoisotopic (exact) mass is 371 g/mol. The molecule has 0 spiro atoms. The van der Waals surface area contributed by atoms with Crippen molar-refractivity contribution in [3.63, 3.8) is 0 Å². The number of rotatable bonds is 5. The number of benzene rings is 1. The predicted octanol–water partition coefficient (Wildman–Crippen LogP) is 2.18. The Morgan fingerprint density at radius 3 is 2.48 bits per heavy atom. The van der Waals surface area contributed by atoms with Crippen LogP contribution in [0.1, 0.15) is 23.6 Å². The molecule has 3 rings (SSSR count). The summed E-state index contributed by atoms with van der Waals surface area (Å²) in [5.74, 6) is 0.751. The zero-order chi connectivity index (χ0) is 19.6. The standard InChI is InChI=1S/C20H21NO6/c1-25-17-7-5-12-13(9-15(17)23)14(21-10-22)6-4-11-8-16(24)19(26-2)20(27-3)18(11)12/h5,7-10,14,24H,4,6H2,1-3H3,(H,21,22)/t14-/m0/s1. The molecule has 0 bridgehead atoms. The first kappa shape index (κ1) is 18.6. The van der Waals surface area contributed by atoms with Crippen LogP contribution in [0.3, 0.4) is 0 Å². The number of fused-ring (bicyclic) bond motifs is 3. The van der Waals surface area contributed by atoms with Gasteiger partial charge in [-0.15, -0.1) is 0 Å². The summed E-state index contributed by atoms with van der Waals surface area (Å²) in [5, 5.41) is 13.1. The van der Waals surface area contributed by atoms with Crippen molar-refractivity contribution in [3.8, 4) is 34.1 Å². The fourth-order valence-corrected chi connectivity index (χ4v) is 3.59. The van der Waals surface area contributed by atoms with E-state index >= 15 is 0 Å². The van der Waals surface area contributed by atoms with Gasteiger partial charge in [0.15, 0.2) is 17.2 Å². The Labute approximate surface area is 156 Å². The Balaban J connectivity index is 2.43. The van der Waals surface area contributed by atoms with E-state index in [-0.39, 0.29) is 28.7 Å². The van der Waals surface area contributed by atoms with Crippen molar-refractivity contribution in [2.24, 2.45) is 0 Å². The molecular formula is C20H21NO6. The smallest absolute Gasteiger partial charge is 0.220 e. The zero-order valence-electron chi connectivity index (χ0n) is 15.4. The molecule has 27 heavy (non-hydrogen) atoms. The number of hydrogen-bond donors (Lipinski definition) is 2. The van der Waals surface area contributed by atoms with Gasteiger partial charge in [-0.3, -0.25) is 9.59 Å². The third-order valence-corrected chi connectivity index (χ3v) is 4.78. The molecule has 2 aromatic rings. The molecule has 0 aromatic heterocycles. The topological polar surface area (TPSA) is 94.1 Å². The first-order valence-electron chi connectivity index (χ1n) is 8.44. The van der Waals surface area contributed by atoms with Crippen LogP contribution in [0, 0.1) is 0 Å². The van der Waals surface area contributed by atoms with Gasteiger partial charge in [-0.25, -0.2) is 0 Å². The maximum Gasteiger partial charge on any atom is 0.220 e. The average molecular weight is 371 g/mol. The van der Waals surface area contributed by atoms with Crippen LogP contribution in [0.15, 0.2) is 29.1 Å². The van der Waals surface area contributed by atoms with Crippen LogP contribution in [-0.4, -0.2) is 32.8 Å². The molecule has 142 valence electrons. The summed E-state index contributed by atoms with van der Waals surface area (Å²) in [5.41, 5.74) is 2.62. The van der Waals surface area contributed by atoms with E-state index in [1.165, 1.54) is 27.4 Å². The maximum atomic E-state index is 12.5. The van der Waals surface area contributed by atoms with Crippen molar-refractivity contribution in [1.29, 1.82) is 0 Å². The van der Waals surface area contributed by atoms with E-state index in [1.807, 2.05) is 0 Å². The lowest BCUT2D eigenvalue weighted by atomic mass is 9.95. The summed E-state index contributed by atoms with van der Waals surface area (Å²) in [7, 11) is 4.37. The summed E-state index contributed by atoms with van der Waals surface area (Å²) < 4.78 is 16.0. The SMILES string of the molecule is COc1c(O)cc2c(c1OC)-c1ccc(OC)c(=O)cc1[C@@H](NC=O)CC2. The summed E-state index contributed by atoms with van der Waals surface area (Å²) in [4.78, 5) is 23.6. The number of methoxy groups -OCH3 is 3. The second-order valence-electron chi connectivity index (χ2n) is 6.15. The molecule has 0 heterocycles. The number of ether oxygens (including phenoxy) is 3. The van der Waals surface area contributed by atoms with Gasteiger partial charge in [0.05, 0.1) is 27.4 Å². The van der Waals surface area contributed by atoms with E-state index in [0.29, 0.717) is 36.1 Å². The number of aromatic hydroxyl groups is 1. The second kappa shape index (κ2) is 7.57. The Bertz CT molecular complexity index is 941. The van der Waals surface area contributed by atoms with E-state index in [4.69, 9.17) is 14.2 Å². The Morgan fingerprint density at radius 1 is 1.11 bits per heavy atom. The molecule has 7 nitrogen and oxygen atoms in total. The van der Waals surface area contributed by atoms with Gasteiger partial charge in [0.2, 0.25) is 17.6 Å². The molecule has 1 atom stereocenters. The van der Waals surface area contributed by atoms with Gasteiger partial charge in [0.1, 0.15) is 0 Å². The van der Waals surface area contributed by atoms with E-state index < -0.39 is 0 Å². The highest BCUT2D eigenvalue weighted by Crippen LogP contribution is 2.49. The molecule has 0 unspecified atom stereocenters. The number of carbonyl (C=O) groups excluding carboxylic acids is 1. The number of nitrogens with one attached hydrogen (secondary N) is 1. The van der Waals surface area contributed by atoms with Crippen molar-refractivity contribution in [3.05, 3.63) is 45.6 Å². The quantitative estimate of drug-likeness (QED) is 0.783. The molecular weight excluding hydrogens is 350 g/mol. The molecule has 0 saturated carbocycles. The number of phenolic OH excluding ortho intramolecular Hbond substituents is 1. The third kappa shape index (κ3) is 3.16. The summed E-state index contributed by atoms with van der Waals surface area (Å²) in [6.45, 7) is 0. The highest BCUT2D eigenvalue weighted by Gasteiger charge is 2.28. The zero-order valence-corrected chi connectivity index (χ0v) is 15.4. The molecule has 7 heteroatoms. The fraction of sp³-hybridized carbons (Fsp3) is 0.300. The molecule has 1 amide bonds. The molecule has 0 radical (unpaired) electrons. The van der Waals surface area contributed by atoms with E-state index in [9.17, 15) is 14.7 Å². The number of hydrogen-bond acceptors (Lipinski definition) is 6. The van der Waals surface area contributed by atoms with Crippen LogP contribution >= 0.6 is 0 Å². The normalized spacial score (nSPS) is 15.0. The van der Waals surface area contributed by atoms with Gasteiger partial charge in [-0.1, -0.05) is 6.07 Å². The van der Waals surface area contributed by atoms with Crippen LogP contribution in [0.2, 0.25) is 0 Å². The van der Waals surface area contributed by atoms with Crippen molar-refractivity contribution in [1.82, 2.24) is 5.32 Å². The van der Waals surface area contributed by atoms with Crippen molar-refractivity contribution < 1.29 is 24.1 Å². The summed E-state index contributed by atoms with van der Waals surface area (Å²) >= 11 is 0. The molecule has 2 aromatic carbocycles. The van der Waals surface area contributed by atoms with Gasteiger partial charge >= 0.3 is 0 Å². The molecule has 0 saturated heterocycles. The minimum atomic E-state index is -0.368. The molecule has 0 fully saturated rings. The van der Waals surface area contributed by atoms with Gasteiger partial charge in [0, 0.05) is 5.56 Å². The van der Waals surface area contributed by atoms with Crippen LogP contribution in [0.5, 0.6) is 23.0 Å². The van der Waals surface area contributed by atoms with E-state index in [1.54, 1.807) is 18.2 Å². The molecule has 0 aliphatic heterocycles. The van der Waals surface area contributed by atoms with Crippen LogP contribution in [0.25, 0.3) is 11.1 Å². The lowest BCUT2D eigenvalue weighted by Crippen LogP contribution is -2.20. The van der Waals surface area contributed by atoms with Crippen molar-refractivity contribution in [2.45, 2.75) is 18.9 Å². The second-order valence-corrected chi connectivity index (χ2v) is 6.15. The summed E-state index contributed by atoms with van der Waals surface area (Å²) in [6.07, 6.45) is 1.74. The maximum absolute atomic E-state index is 12.5. The van der Waals surface area contributed by atoms with Crippen molar-refractivity contribution >= 4 is 6.41 Å². The highest BCUT2D eigenvalue weighted by molar-refractivity contribution is 5.82. The number of aryl methyl sites for hydroxylation is 1. The van der Waals surface area contributed by atoms with E-state index in [2.05, 4.69) is 5.32 Å². The predicted molar refractivity (Wildman–Crippen MR) is 99.7 cm³/mol. The number of carbonyl (C=O) groups is 1. The average Bonchev–Trinajstić information content (AvgIpc) is 2.90. The summed E-state index contributed by atoms with van der Waals surface area (Å²) in [6, 6.07) is 6.09. The minimum Gasteiger partial charge on any atom is -0.504 e. The first-order chi connectivity index (χ1) is 13.0. The minimum absolute atomic E-state index is 0.0288. The Morgan fingerprint density at radius 2 is 1.85 bits per heavy atom. The Kier molecular flexibility index (Phi) is 5.21. The van der Waals surface area contributed by atoms with Gasteiger partial charge in [-0.2, -0.15) is 0 Å². The fourth-order valence-electron chi connectivity index (χ4n) is 3.59. The largest absolute Gasteiger partial charge is 0.504 e. The van der Waals surface area contributed by atoms with E-state index in [0.717, 1.165) is 11.1 Å². The third-order valence-electron chi connectivity index (χ3n) is 4.78. The lowest BCUT2D eigenvalue weighted by molar-refractivity contribution is -0.110. The number of phenols is 1. The van der Waals surface area contributed by atoms with Crippen molar-refractivity contribution in [2.75, 3.05) is 21.3 Å². The Hall–Kier alpha value is -3.22. The highest BCUT2D eigenvalue weighted by atomic mass is 16.5.